The Hall–Kier alpha value is -3.33. The maximum Gasteiger partial charge on any atom is 0.330 e. The number of nitrogens with one attached hydrogen (secondary N) is 1. The van der Waals surface area contributed by atoms with Crippen molar-refractivity contribution < 1.29 is 9.53 Å². The zero-order valence-electron chi connectivity index (χ0n) is 17.4. The SMILES string of the molecule is CCCCn1c(N)c(N(CC)C(=O)c2cc3c(s2)-c2ccccc2OC3)c(=O)[nH]c1=O. The highest BCUT2D eigenvalue weighted by Gasteiger charge is 2.28. The number of nitrogens with zero attached hydrogens (tertiary/aromatic N) is 2. The van der Waals surface area contributed by atoms with Gasteiger partial charge in [-0.1, -0.05) is 25.5 Å². The Morgan fingerprint density at radius 1 is 1.29 bits per heavy atom. The molecule has 1 aromatic carbocycles. The molecular weight excluding hydrogens is 416 g/mol. The lowest BCUT2D eigenvalue weighted by Gasteiger charge is -2.22. The van der Waals surface area contributed by atoms with E-state index < -0.39 is 11.2 Å². The lowest BCUT2D eigenvalue weighted by atomic mass is 10.1. The Labute approximate surface area is 182 Å². The molecule has 162 valence electrons. The third kappa shape index (κ3) is 3.65. The van der Waals surface area contributed by atoms with Crippen LogP contribution >= 0.6 is 11.3 Å². The molecular formula is C22H24N4O4S. The smallest absolute Gasteiger partial charge is 0.330 e. The summed E-state index contributed by atoms with van der Waals surface area (Å²) < 4.78 is 7.11. The van der Waals surface area contributed by atoms with Crippen LogP contribution in [0.5, 0.6) is 5.75 Å². The summed E-state index contributed by atoms with van der Waals surface area (Å²) in [5.41, 5.74) is 6.86. The normalized spacial score (nSPS) is 12.1. The van der Waals surface area contributed by atoms with E-state index in [4.69, 9.17) is 10.5 Å². The molecule has 0 spiro atoms. The van der Waals surface area contributed by atoms with Crippen LogP contribution in [0.3, 0.4) is 0 Å². The van der Waals surface area contributed by atoms with E-state index in [0.29, 0.717) is 18.0 Å². The first kappa shape index (κ1) is 20.9. The van der Waals surface area contributed by atoms with Crippen LogP contribution in [0, 0.1) is 0 Å². The first-order chi connectivity index (χ1) is 15.0. The summed E-state index contributed by atoms with van der Waals surface area (Å²) in [4.78, 5) is 43.4. The van der Waals surface area contributed by atoms with Gasteiger partial charge in [0.05, 0.1) is 4.88 Å². The third-order valence-electron chi connectivity index (χ3n) is 5.32. The van der Waals surface area contributed by atoms with Crippen molar-refractivity contribution in [1.29, 1.82) is 0 Å². The van der Waals surface area contributed by atoms with Gasteiger partial charge in [-0.25, -0.2) is 4.79 Å². The number of unbranched alkanes of at least 4 members (excludes halogenated alkanes) is 1. The highest BCUT2D eigenvalue weighted by atomic mass is 32.1. The van der Waals surface area contributed by atoms with Gasteiger partial charge in [0.2, 0.25) is 0 Å². The first-order valence-corrected chi connectivity index (χ1v) is 11.1. The van der Waals surface area contributed by atoms with Crippen LogP contribution in [0.25, 0.3) is 10.4 Å². The molecule has 1 aliphatic heterocycles. The van der Waals surface area contributed by atoms with Crippen molar-refractivity contribution in [3.05, 3.63) is 61.6 Å². The van der Waals surface area contributed by atoms with Crippen molar-refractivity contribution in [3.63, 3.8) is 0 Å². The predicted octanol–water partition coefficient (Wildman–Crippen LogP) is 3.21. The average Bonchev–Trinajstić information content (AvgIpc) is 3.21. The molecule has 0 saturated carbocycles. The number of nitrogens with two attached hydrogens (primary N) is 1. The number of H-pyrrole nitrogens is 1. The van der Waals surface area contributed by atoms with E-state index >= 15 is 0 Å². The molecule has 3 N–H and O–H groups in total. The van der Waals surface area contributed by atoms with Crippen molar-refractivity contribution in [2.45, 2.75) is 39.8 Å². The number of amides is 1. The number of carbonyl (C=O) groups excluding carboxylic acids is 1. The monoisotopic (exact) mass is 440 g/mol. The van der Waals surface area contributed by atoms with E-state index in [1.807, 2.05) is 31.2 Å². The van der Waals surface area contributed by atoms with Gasteiger partial charge in [-0.15, -0.1) is 11.3 Å². The number of hydrogen-bond donors (Lipinski definition) is 2. The highest BCUT2D eigenvalue weighted by Crippen LogP contribution is 2.42. The van der Waals surface area contributed by atoms with E-state index in [0.717, 1.165) is 34.6 Å². The van der Waals surface area contributed by atoms with Gasteiger partial charge in [-0.3, -0.25) is 19.1 Å². The molecule has 9 heteroatoms. The zero-order chi connectivity index (χ0) is 22.1. The maximum atomic E-state index is 13.4. The fraction of sp³-hybridized carbons (Fsp3) is 0.318. The lowest BCUT2D eigenvalue weighted by Crippen LogP contribution is -2.41. The topological polar surface area (TPSA) is 110 Å². The standard InChI is InChI=1S/C22H24N4O4S/c1-3-5-10-26-19(23)17(20(27)24-22(26)29)25(4-2)21(28)16-11-13-12-30-15-9-7-6-8-14(15)18(13)31-16/h6-9,11H,3-5,10,12,23H2,1-2H3,(H,24,27,29). The Kier molecular flexibility index (Phi) is 5.69. The summed E-state index contributed by atoms with van der Waals surface area (Å²) >= 11 is 1.36. The Morgan fingerprint density at radius 3 is 2.81 bits per heavy atom. The van der Waals surface area contributed by atoms with E-state index in [9.17, 15) is 14.4 Å². The Morgan fingerprint density at radius 2 is 2.06 bits per heavy atom. The van der Waals surface area contributed by atoms with Crippen LogP contribution in [-0.4, -0.2) is 22.0 Å². The molecule has 0 aliphatic carbocycles. The molecule has 8 nitrogen and oxygen atoms in total. The van der Waals surface area contributed by atoms with Gasteiger partial charge in [0.1, 0.15) is 18.2 Å². The largest absolute Gasteiger partial charge is 0.488 e. The number of rotatable bonds is 6. The molecule has 0 radical (unpaired) electrons. The maximum absolute atomic E-state index is 13.4. The second kappa shape index (κ2) is 8.43. The molecule has 1 amide bonds. The second-order valence-corrected chi connectivity index (χ2v) is 8.35. The molecule has 1 aliphatic rings. The number of ether oxygens (including phenoxy) is 1. The summed E-state index contributed by atoms with van der Waals surface area (Å²) in [5.74, 6) is 0.455. The number of hydrogen-bond acceptors (Lipinski definition) is 6. The minimum Gasteiger partial charge on any atom is -0.488 e. The summed E-state index contributed by atoms with van der Waals surface area (Å²) in [6.45, 7) is 4.75. The number of fused-ring (bicyclic) bond motifs is 3. The molecule has 0 fully saturated rings. The number of anilines is 2. The van der Waals surface area contributed by atoms with Crippen molar-refractivity contribution in [3.8, 4) is 16.2 Å². The number of thiophene rings is 1. The van der Waals surface area contributed by atoms with Gasteiger partial charge < -0.3 is 15.4 Å². The van der Waals surface area contributed by atoms with Gasteiger partial charge in [-0.05, 0) is 31.5 Å². The quantitative estimate of drug-likeness (QED) is 0.612. The van der Waals surface area contributed by atoms with Crippen LogP contribution in [0.2, 0.25) is 0 Å². The van der Waals surface area contributed by atoms with E-state index in [-0.39, 0.29) is 24.0 Å². The molecule has 4 rings (SSSR count). The molecule has 3 heterocycles. The second-order valence-electron chi connectivity index (χ2n) is 7.30. The number of nitrogen functional groups attached to an aromatic ring is 1. The number of aromatic amines is 1. The van der Waals surface area contributed by atoms with Gasteiger partial charge in [0.25, 0.3) is 11.5 Å². The molecule has 0 saturated heterocycles. The van der Waals surface area contributed by atoms with Gasteiger partial charge in [0, 0.05) is 29.1 Å². The van der Waals surface area contributed by atoms with Crippen LogP contribution < -0.4 is 26.6 Å². The Bertz CT molecular complexity index is 1260. The lowest BCUT2D eigenvalue weighted by molar-refractivity contribution is 0.0991. The number of carbonyl (C=O) groups is 1. The van der Waals surface area contributed by atoms with Gasteiger partial charge in [-0.2, -0.15) is 0 Å². The molecule has 3 aromatic rings. The van der Waals surface area contributed by atoms with Crippen LogP contribution in [0.15, 0.2) is 39.9 Å². The zero-order valence-corrected chi connectivity index (χ0v) is 18.3. The molecule has 2 aromatic heterocycles. The number of para-hydroxylation sites is 1. The Balaban J connectivity index is 1.75. The summed E-state index contributed by atoms with van der Waals surface area (Å²) in [6.07, 6.45) is 1.59. The number of benzene rings is 1. The van der Waals surface area contributed by atoms with E-state index in [2.05, 4.69) is 4.98 Å². The highest BCUT2D eigenvalue weighted by molar-refractivity contribution is 7.17. The summed E-state index contributed by atoms with van der Waals surface area (Å²) in [5, 5.41) is 0. The fourth-order valence-corrected chi connectivity index (χ4v) is 4.86. The van der Waals surface area contributed by atoms with Crippen LogP contribution in [-0.2, 0) is 13.2 Å². The van der Waals surface area contributed by atoms with E-state index in [1.54, 1.807) is 13.0 Å². The first-order valence-electron chi connectivity index (χ1n) is 10.3. The molecule has 0 bridgehead atoms. The van der Waals surface area contributed by atoms with Gasteiger partial charge >= 0.3 is 5.69 Å². The predicted molar refractivity (Wildman–Crippen MR) is 122 cm³/mol. The average molecular weight is 441 g/mol. The van der Waals surface area contributed by atoms with Crippen LogP contribution in [0.4, 0.5) is 11.5 Å². The van der Waals surface area contributed by atoms with Crippen LogP contribution in [0.1, 0.15) is 41.9 Å². The van der Waals surface area contributed by atoms with Crippen molar-refractivity contribution >= 4 is 28.7 Å². The fourth-order valence-electron chi connectivity index (χ4n) is 3.72. The van der Waals surface area contributed by atoms with Crippen molar-refractivity contribution in [2.75, 3.05) is 17.2 Å². The molecule has 31 heavy (non-hydrogen) atoms. The van der Waals surface area contributed by atoms with Gasteiger partial charge in [0.15, 0.2) is 5.69 Å². The summed E-state index contributed by atoms with van der Waals surface area (Å²) in [6, 6.07) is 9.50. The minimum absolute atomic E-state index is 0.00576. The number of aromatic nitrogens is 2. The molecule has 0 unspecified atom stereocenters. The van der Waals surface area contributed by atoms with Crippen molar-refractivity contribution in [2.24, 2.45) is 0 Å². The van der Waals surface area contributed by atoms with Crippen molar-refractivity contribution in [1.82, 2.24) is 9.55 Å². The minimum atomic E-state index is -0.666. The summed E-state index contributed by atoms with van der Waals surface area (Å²) in [7, 11) is 0. The van der Waals surface area contributed by atoms with E-state index in [1.165, 1.54) is 20.8 Å². The third-order valence-corrected chi connectivity index (χ3v) is 6.51. The molecule has 0 atom stereocenters.